The van der Waals surface area contributed by atoms with E-state index in [2.05, 4.69) is 31.7 Å². The number of hydrogen-bond donors (Lipinski definition) is 1. The highest BCUT2D eigenvalue weighted by atomic mass is 16.5. The summed E-state index contributed by atoms with van der Waals surface area (Å²) in [5.41, 5.74) is 5.08. The van der Waals surface area contributed by atoms with Crippen LogP contribution in [0, 0.1) is 5.92 Å². The SMILES string of the molecule is CC(C)CCOc1ccc(C[NH3+])cc1. The minimum Gasteiger partial charge on any atom is -0.494 e. The molecule has 0 aliphatic heterocycles. The van der Waals surface area contributed by atoms with Gasteiger partial charge in [0.2, 0.25) is 0 Å². The van der Waals surface area contributed by atoms with Gasteiger partial charge in [0.15, 0.2) is 0 Å². The van der Waals surface area contributed by atoms with E-state index in [0.29, 0.717) is 5.92 Å². The molecule has 0 aliphatic rings. The molecule has 1 rings (SSSR count). The fraction of sp³-hybridized carbons (Fsp3) is 0.500. The van der Waals surface area contributed by atoms with Crippen molar-refractivity contribution >= 4 is 0 Å². The average molecular weight is 194 g/mol. The summed E-state index contributed by atoms with van der Waals surface area (Å²) in [6, 6.07) is 8.16. The smallest absolute Gasteiger partial charge is 0.119 e. The van der Waals surface area contributed by atoms with Crippen molar-refractivity contribution in [2.45, 2.75) is 26.8 Å². The third-order valence-corrected chi connectivity index (χ3v) is 2.18. The van der Waals surface area contributed by atoms with Crippen LogP contribution in [0.4, 0.5) is 0 Å². The Balaban J connectivity index is 2.36. The van der Waals surface area contributed by atoms with E-state index in [0.717, 1.165) is 25.3 Å². The first-order chi connectivity index (χ1) is 6.72. The van der Waals surface area contributed by atoms with Gasteiger partial charge in [-0.05, 0) is 36.6 Å². The second kappa shape index (κ2) is 5.66. The van der Waals surface area contributed by atoms with Gasteiger partial charge in [0.25, 0.3) is 0 Å². The van der Waals surface area contributed by atoms with Crippen LogP contribution in [0.5, 0.6) is 5.75 Å². The molecular formula is C12H20NO+. The Bertz CT molecular complexity index is 254. The first kappa shape index (κ1) is 11.1. The molecule has 0 aromatic heterocycles. The van der Waals surface area contributed by atoms with E-state index in [4.69, 9.17) is 4.74 Å². The summed E-state index contributed by atoms with van der Waals surface area (Å²) in [6.45, 7) is 6.05. The molecule has 0 heterocycles. The van der Waals surface area contributed by atoms with Crippen molar-refractivity contribution in [3.8, 4) is 5.75 Å². The standard InChI is InChI=1S/C12H19NO/c1-10(2)7-8-14-12-5-3-11(9-13)4-6-12/h3-6,10H,7-9,13H2,1-2H3/p+1. The van der Waals surface area contributed by atoms with Crippen molar-refractivity contribution in [3.63, 3.8) is 0 Å². The maximum absolute atomic E-state index is 5.60. The monoisotopic (exact) mass is 194 g/mol. The van der Waals surface area contributed by atoms with Gasteiger partial charge in [-0.2, -0.15) is 0 Å². The van der Waals surface area contributed by atoms with Crippen molar-refractivity contribution in [2.75, 3.05) is 6.61 Å². The highest BCUT2D eigenvalue weighted by Gasteiger charge is 1.97. The largest absolute Gasteiger partial charge is 0.494 e. The summed E-state index contributed by atoms with van der Waals surface area (Å²) < 4.78 is 5.60. The molecule has 0 aliphatic carbocycles. The van der Waals surface area contributed by atoms with Crippen LogP contribution in [-0.4, -0.2) is 6.61 Å². The number of hydrogen-bond acceptors (Lipinski definition) is 1. The van der Waals surface area contributed by atoms with Crippen LogP contribution in [0.1, 0.15) is 25.8 Å². The molecule has 14 heavy (non-hydrogen) atoms. The number of ether oxygens (including phenoxy) is 1. The molecule has 78 valence electrons. The molecule has 1 aromatic carbocycles. The van der Waals surface area contributed by atoms with Crippen LogP contribution in [0.3, 0.4) is 0 Å². The lowest BCUT2D eigenvalue weighted by molar-refractivity contribution is -0.386. The van der Waals surface area contributed by atoms with E-state index < -0.39 is 0 Å². The quantitative estimate of drug-likeness (QED) is 0.763. The summed E-state index contributed by atoms with van der Waals surface area (Å²) >= 11 is 0. The molecule has 0 bridgehead atoms. The number of quaternary nitrogens is 1. The van der Waals surface area contributed by atoms with E-state index in [9.17, 15) is 0 Å². The second-order valence-electron chi connectivity index (χ2n) is 3.92. The Kier molecular flexibility index (Phi) is 4.47. The minimum atomic E-state index is 0.703. The summed E-state index contributed by atoms with van der Waals surface area (Å²) in [6.07, 6.45) is 1.11. The Hall–Kier alpha value is -1.02. The molecule has 3 N–H and O–H groups in total. The third-order valence-electron chi connectivity index (χ3n) is 2.18. The summed E-state index contributed by atoms with van der Waals surface area (Å²) in [7, 11) is 0. The topological polar surface area (TPSA) is 36.9 Å². The highest BCUT2D eigenvalue weighted by Crippen LogP contribution is 2.12. The van der Waals surface area contributed by atoms with Crippen LogP contribution in [0.2, 0.25) is 0 Å². The minimum absolute atomic E-state index is 0.703. The molecular weight excluding hydrogens is 174 g/mol. The average Bonchev–Trinajstić information content (AvgIpc) is 2.18. The zero-order valence-electron chi connectivity index (χ0n) is 9.12. The molecule has 0 spiro atoms. The molecule has 0 amide bonds. The predicted molar refractivity (Wildman–Crippen MR) is 58.0 cm³/mol. The van der Waals surface area contributed by atoms with Crippen molar-refractivity contribution < 1.29 is 10.5 Å². The number of benzene rings is 1. The lowest BCUT2D eigenvalue weighted by Gasteiger charge is -2.07. The third kappa shape index (κ3) is 3.79. The molecule has 2 heteroatoms. The highest BCUT2D eigenvalue weighted by molar-refractivity contribution is 5.26. The van der Waals surface area contributed by atoms with Gasteiger partial charge in [0.05, 0.1) is 13.2 Å². The molecule has 0 saturated heterocycles. The van der Waals surface area contributed by atoms with Gasteiger partial charge in [-0.25, -0.2) is 0 Å². The van der Waals surface area contributed by atoms with Crippen LogP contribution in [-0.2, 0) is 6.54 Å². The van der Waals surface area contributed by atoms with Gasteiger partial charge in [-0.3, -0.25) is 0 Å². The van der Waals surface area contributed by atoms with E-state index >= 15 is 0 Å². The van der Waals surface area contributed by atoms with Gasteiger partial charge >= 0.3 is 0 Å². The summed E-state index contributed by atoms with van der Waals surface area (Å²) in [5.74, 6) is 1.66. The molecule has 0 atom stereocenters. The Morgan fingerprint density at radius 2 is 1.86 bits per heavy atom. The normalized spacial score (nSPS) is 10.6. The van der Waals surface area contributed by atoms with E-state index in [1.165, 1.54) is 5.56 Å². The molecule has 0 unspecified atom stereocenters. The zero-order chi connectivity index (χ0) is 10.4. The molecule has 0 fully saturated rings. The van der Waals surface area contributed by atoms with Crippen LogP contribution >= 0.6 is 0 Å². The van der Waals surface area contributed by atoms with Crippen molar-refractivity contribution in [1.29, 1.82) is 0 Å². The maximum atomic E-state index is 5.60. The van der Waals surface area contributed by atoms with Crippen molar-refractivity contribution in [2.24, 2.45) is 5.92 Å². The van der Waals surface area contributed by atoms with Crippen LogP contribution in [0.25, 0.3) is 0 Å². The Morgan fingerprint density at radius 3 is 2.36 bits per heavy atom. The Labute approximate surface area is 86.1 Å². The van der Waals surface area contributed by atoms with Crippen LogP contribution < -0.4 is 10.5 Å². The molecule has 0 saturated carbocycles. The zero-order valence-corrected chi connectivity index (χ0v) is 9.12. The van der Waals surface area contributed by atoms with Gasteiger partial charge in [0, 0.05) is 5.56 Å². The van der Waals surface area contributed by atoms with Gasteiger partial charge in [0.1, 0.15) is 5.75 Å². The van der Waals surface area contributed by atoms with Crippen LogP contribution in [0.15, 0.2) is 24.3 Å². The molecule has 0 radical (unpaired) electrons. The molecule has 1 aromatic rings. The summed E-state index contributed by atoms with van der Waals surface area (Å²) in [4.78, 5) is 0. The maximum Gasteiger partial charge on any atom is 0.119 e. The molecule has 2 nitrogen and oxygen atoms in total. The fourth-order valence-corrected chi connectivity index (χ4v) is 1.16. The number of rotatable bonds is 5. The van der Waals surface area contributed by atoms with E-state index in [-0.39, 0.29) is 0 Å². The van der Waals surface area contributed by atoms with Gasteiger partial charge in [-0.1, -0.05) is 13.8 Å². The van der Waals surface area contributed by atoms with E-state index in [1.807, 2.05) is 12.1 Å². The predicted octanol–water partition coefficient (Wildman–Crippen LogP) is 1.85. The lowest BCUT2D eigenvalue weighted by Crippen LogP contribution is -2.47. The second-order valence-corrected chi connectivity index (χ2v) is 3.92. The Morgan fingerprint density at radius 1 is 1.21 bits per heavy atom. The van der Waals surface area contributed by atoms with Crippen molar-refractivity contribution in [3.05, 3.63) is 29.8 Å². The lowest BCUT2D eigenvalue weighted by atomic mass is 10.1. The van der Waals surface area contributed by atoms with Gasteiger partial charge < -0.3 is 10.5 Å². The fourth-order valence-electron chi connectivity index (χ4n) is 1.16. The first-order valence-corrected chi connectivity index (χ1v) is 5.23. The van der Waals surface area contributed by atoms with Crippen molar-refractivity contribution in [1.82, 2.24) is 0 Å². The van der Waals surface area contributed by atoms with Gasteiger partial charge in [-0.15, -0.1) is 0 Å². The first-order valence-electron chi connectivity index (χ1n) is 5.23. The van der Waals surface area contributed by atoms with E-state index in [1.54, 1.807) is 0 Å². The summed E-state index contributed by atoms with van der Waals surface area (Å²) in [5, 5.41) is 0.